The molecule has 8 nitrogen and oxygen atoms in total. The summed E-state index contributed by atoms with van der Waals surface area (Å²) in [4.78, 5) is 15.6. The van der Waals surface area contributed by atoms with Crippen molar-refractivity contribution in [2.45, 2.75) is 48.5 Å². The number of methoxy groups -OCH3 is 1. The molecule has 10 heteroatoms. The molecule has 1 aromatic heterocycles. The molecule has 2 heterocycles. The number of carbonyl (C=O) groups excluding carboxylic acids is 1. The third kappa shape index (κ3) is 3.45. The van der Waals surface area contributed by atoms with Crippen LogP contribution in [-0.2, 0) is 19.5 Å². The Balaban J connectivity index is 1.91. The Hall–Kier alpha value is -1.07. The largest absolute Gasteiger partial charge is 0.464 e. The molecule has 2 fully saturated rings. The van der Waals surface area contributed by atoms with Crippen molar-refractivity contribution < 1.29 is 27.8 Å². The fraction of sp³-hybridized carbons (Fsp3) is 0.733. The predicted molar refractivity (Wildman–Crippen MR) is 89.9 cm³/mol. The number of nitrogens with one attached hydrogen (secondary N) is 1. The lowest BCUT2D eigenvalue weighted by atomic mass is 9.63. The summed E-state index contributed by atoms with van der Waals surface area (Å²) < 4.78 is 38.7. The van der Waals surface area contributed by atoms with Crippen molar-refractivity contribution in [1.82, 2.24) is 9.71 Å². The van der Waals surface area contributed by atoms with Crippen molar-refractivity contribution >= 4 is 27.3 Å². The van der Waals surface area contributed by atoms with Gasteiger partial charge >= 0.3 is 5.97 Å². The highest BCUT2D eigenvalue weighted by Gasteiger charge is 2.50. The zero-order valence-electron chi connectivity index (χ0n) is 13.9. The second kappa shape index (κ2) is 7.28. The number of nitrogens with zero attached hydrogens (tertiary/aromatic N) is 1. The molecule has 2 N–H and O–H groups in total. The fourth-order valence-corrected chi connectivity index (χ4v) is 6.05. The van der Waals surface area contributed by atoms with Gasteiger partial charge in [0.15, 0.2) is 9.90 Å². The number of aliphatic hydroxyl groups is 1. The van der Waals surface area contributed by atoms with Crippen molar-refractivity contribution in [3.8, 4) is 0 Å². The van der Waals surface area contributed by atoms with Gasteiger partial charge in [0, 0.05) is 12.0 Å². The molecule has 1 saturated carbocycles. The molecule has 25 heavy (non-hydrogen) atoms. The van der Waals surface area contributed by atoms with Crippen LogP contribution in [0.1, 0.15) is 42.6 Å². The number of rotatable bonds is 7. The van der Waals surface area contributed by atoms with Crippen LogP contribution in [-0.4, -0.2) is 56.9 Å². The van der Waals surface area contributed by atoms with Gasteiger partial charge < -0.3 is 14.6 Å². The summed E-state index contributed by atoms with van der Waals surface area (Å²) >= 11 is 0.863. The van der Waals surface area contributed by atoms with E-state index in [2.05, 4.69) is 14.4 Å². The maximum atomic E-state index is 12.9. The van der Waals surface area contributed by atoms with E-state index in [1.54, 1.807) is 0 Å². The number of esters is 1. The maximum Gasteiger partial charge on any atom is 0.358 e. The number of aliphatic hydroxyl groups excluding tert-OH is 1. The van der Waals surface area contributed by atoms with Crippen LogP contribution in [0.25, 0.3) is 0 Å². The highest BCUT2D eigenvalue weighted by molar-refractivity contribution is 7.91. The molecule has 2 atom stereocenters. The first-order chi connectivity index (χ1) is 11.9. The third-order valence-electron chi connectivity index (χ3n) is 5.10. The predicted octanol–water partition coefficient (Wildman–Crippen LogP) is 0.918. The molecule has 3 rings (SSSR count). The normalized spacial score (nSPS) is 23.8. The number of thiazole rings is 1. The van der Waals surface area contributed by atoms with E-state index in [1.165, 1.54) is 12.6 Å². The first-order valence-corrected chi connectivity index (χ1v) is 10.6. The summed E-state index contributed by atoms with van der Waals surface area (Å²) in [5.74, 6) is -0.796. The van der Waals surface area contributed by atoms with E-state index in [9.17, 15) is 18.3 Å². The fourth-order valence-electron chi connectivity index (χ4n) is 3.54. The van der Waals surface area contributed by atoms with Crippen LogP contribution in [0.4, 0.5) is 0 Å². The minimum atomic E-state index is -3.99. The lowest BCUT2D eigenvalue weighted by Gasteiger charge is -2.48. The van der Waals surface area contributed by atoms with Crippen molar-refractivity contribution in [3.63, 3.8) is 0 Å². The van der Waals surface area contributed by atoms with Crippen molar-refractivity contribution in [3.05, 3.63) is 11.2 Å². The molecule has 140 valence electrons. The second-order valence-electron chi connectivity index (χ2n) is 6.50. The maximum absolute atomic E-state index is 12.9. The van der Waals surface area contributed by atoms with E-state index in [0.717, 1.165) is 43.4 Å². The topological polar surface area (TPSA) is 115 Å². The van der Waals surface area contributed by atoms with Gasteiger partial charge in [0.25, 0.3) is 10.0 Å². The Morgan fingerprint density at radius 3 is 2.84 bits per heavy atom. The van der Waals surface area contributed by atoms with Crippen LogP contribution in [0.5, 0.6) is 0 Å². The first-order valence-electron chi connectivity index (χ1n) is 8.20. The molecule has 2 unspecified atom stereocenters. The molecule has 0 radical (unpaired) electrons. The second-order valence-corrected chi connectivity index (χ2v) is 9.27. The standard InChI is InChI=1S/C15H22N2O6S2/c1-22-13(19)11-14(24-9-16-11)25(20,21)17-12(10-4-2-7-23-10)15(8-18)5-3-6-15/h9-10,12,17-18H,2-8H2,1H3. The van der Waals surface area contributed by atoms with E-state index in [0.29, 0.717) is 6.61 Å². The molecule has 1 aromatic rings. The Morgan fingerprint density at radius 1 is 1.56 bits per heavy atom. The Bertz CT molecular complexity index is 717. The Morgan fingerprint density at radius 2 is 2.32 bits per heavy atom. The van der Waals surface area contributed by atoms with Crippen LogP contribution < -0.4 is 4.72 Å². The number of carbonyl (C=O) groups is 1. The zero-order chi connectivity index (χ0) is 18.1. The summed E-state index contributed by atoms with van der Waals surface area (Å²) in [6, 6.07) is -0.536. The van der Waals surface area contributed by atoms with Gasteiger partial charge in [-0.15, -0.1) is 11.3 Å². The minimum absolute atomic E-state index is 0.105. The Labute approximate surface area is 150 Å². The summed E-state index contributed by atoms with van der Waals surface area (Å²) in [5, 5.41) is 9.90. The van der Waals surface area contributed by atoms with Crippen LogP contribution in [0.3, 0.4) is 0 Å². The smallest absolute Gasteiger partial charge is 0.358 e. The van der Waals surface area contributed by atoms with E-state index < -0.39 is 27.4 Å². The van der Waals surface area contributed by atoms with Crippen LogP contribution >= 0.6 is 11.3 Å². The summed E-state index contributed by atoms with van der Waals surface area (Å²) in [5.41, 5.74) is 0.559. The average Bonchev–Trinajstić information content (AvgIpc) is 3.24. The van der Waals surface area contributed by atoms with Crippen molar-refractivity contribution in [1.29, 1.82) is 0 Å². The van der Waals surface area contributed by atoms with Gasteiger partial charge in [-0.25, -0.2) is 22.9 Å². The highest BCUT2D eigenvalue weighted by atomic mass is 32.2. The molecular formula is C15H22N2O6S2. The van der Waals surface area contributed by atoms with E-state index in [-0.39, 0.29) is 22.6 Å². The summed E-state index contributed by atoms with van der Waals surface area (Å²) in [6.07, 6.45) is 3.74. The molecule has 2 aliphatic rings. The van der Waals surface area contributed by atoms with E-state index in [1.807, 2.05) is 0 Å². The van der Waals surface area contributed by atoms with Gasteiger partial charge in [-0.3, -0.25) is 0 Å². The minimum Gasteiger partial charge on any atom is -0.464 e. The molecule has 0 amide bonds. The zero-order valence-corrected chi connectivity index (χ0v) is 15.6. The van der Waals surface area contributed by atoms with E-state index in [4.69, 9.17) is 4.74 Å². The monoisotopic (exact) mass is 390 g/mol. The number of hydrogen-bond donors (Lipinski definition) is 2. The Kier molecular flexibility index (Phi) is 5.45. The average molecular weight is 390 g/mol. The third-order valence-corrected chi connectivity index (χ3v) is 7.91. The quantitative estimate of drug-likeness (QED) is 0.665. The first kappa shape index (κ1) is 18.7. The lowest BCUT2D eigenvalue weighted by molar-refractivity contribution is -0.0429. The molecular weight excluding hydrogens is 368 g/mol. The molecule has 0 aromatic carbocycles. The van der Waals surface area contributed by atoms with Crippen LogP contribution in [0.15, 0.2) is 9.72 Å². The number of ether oxygens (including phenoxy) is 2. The lowest BCUT2D eigenvalue weighted by Crippen LogP contribution is -2.58. The molecule has 1 saturated heterocycles. The summed E-state index contributed by atoms with van der Waals surface area (Å²) in [7, 11) is -2.82. The SMILES string of the molecule is COC(=O)c1ncsc1S(=O)(=O)NC(C1CCCO1)C1(CO)CCC1. The van der Waals surface area contributed by atoms with Gasteiger partial charge in [-0.05, 0) is 25.7 Å². The van der Waals surface area contributed by atoms with Gasteiger partial charge in [0.05, 0.1) is 31.4 Å². The molecule has 1 aliphatic heterocycles. The van der Waals surface area contributed by atoms with Gasteiger partial charge in [0.1, 0.15) is 0 Å². The molecule has 1 aliphatic carbocycles. The summed E-state index contributed by atoms with van der Waals surface area (Å²) in [6.45, 7) is 0.477. The van der Waals surface area contributed by atoms with Crippen LogP contribution in [0.2, 0.25) is 0 Å². The number of aromatic nitrogens is 1. The van der Waals surface area contributed by atoms with Crippen LogP contribution in [0, 0.1) is 5.41 Å². The van der Waals surface area contributed by atoms with E-state index >= 15 is 0 Å². The molecule has 0 spiro atoms. The van der Waals surface area contributed by atoms with Crippen molar-refractivity contribution in [2.75, 3.05) is 20.3 Å². The molecule has 0 bridgehead atoms. The number of hydrogen-bond acceptors (Lipinski definition) is 8. The van der Waals surface area contributed by atoms with Gasteiger partial charge in [-0.1, -0.05) is 6.42 Å². The number of sulfonamides is 1. The van der Waals surface area contributed by atoms with Gasteiger partial charge in [-0.2, -0.15) is 0 Å². The van der Waals surface area contributed by atoms with Crippen molar-refractivity contribution in [2.24, 2.45) is 5.41 Å². The van der Waals surface area contributed by atoms with Gasteiger partial charge in [0.2, 0.25) is 0 Å². The highest BCUT2D eigenvalue weighted by Crippen LogP contribution is 2.46.